The van der Waals surface area contributed by atoms with E-state index in [4.69, 9.17) is 16.3 Å². The van der Waals surface area contributed by atoms with Crippen LogP contribution in [-0.2, 0) is 16.2 Å². The van der Waals surface area contributed by atoms with E-state index < -0.39 is 4.87 Å². The van der Waals surface area contributed by atoms with Crippen LogP contribution in [0.15, 0.2) is 60.7 Å². The van der Waals surface area contributed by atoms with Crippen molar-refractivity contribution in [2.75, 3.05) is 29.6 Å². The van der Waals surface area contributed by atoms with Gasteiger partial charge in [-0.15, -0.1) is 11.8 Å². The highest BCUT2D eigenvalue weighted by atomic mass is 35.5. The summed E-state index contributed by atoms with van der Waals surface area (Å²) in [5.41, 5.74) is 5.30. The fourth-order valence-electron chi connectivity index (χ4n) is 4.69. The van der Waals surface area contributed by atoms with E-state index in [1.807, 2.05) is 74.5 Å². The van der Waals surface area contributed by atoms with Gasteiger partial charge in [0.05, 0.1) is 19.3 Å². The molecule has 5 rings (SSSR count). The minimum atomic E-state index is -1.17. The van der Waals surface area contributed by atoms with Crippen LogP contribution < -0.4 is 15.0 Å². The van der Waals surface area contributed by atoms with Crippen LogP contribution in [-0.4, -0.2) is 36.2 Å². The maximum Gasteiger partial charge on any atom is 0.323 e. The van der Waals surface area contributed by atoms with Crippen molar-refractivity contribution in [3.05, 3.63) is 87.9 Å². The van der Waals surface area contributed by atoms with Crippen LogP contribution in [0.2, 0.25) is 5.02 Å². The number of rotatable bonds is 4. The van der Waals surface area contributed by atoms with Crippen molar-refractivity contribution >= 4 is 46.7 Å². The number of anilines is 2. The van der Waals surface area contributed by atoms with Gasteiger partial charge in [-0.25, -0.2) is 4.79 Å². The first kappa shape index (κ1) is 23.6. The molecule has 0 unspecified atom stereocenters. The summed E-state index contributed by atoms with van der Waals surface area (Å²) in [6.07, 6.45) is 0. The van der Waals surface area contributed by atoms with Crippen molar-refractivity contribution in [2.45, 2.75) is 25.3 Å². The number of benzene rings is 3. The molecule has 35 heavy (non-hydrogen) atoms. The van der Waals surface area contributed by atoms with Crippen LogP contribution in [0.25, 0.3) is 0 Å². The second-order valence-electron chi connectivity index (χ2n) is 8.74. The first-order valence-electron chi connectivity index (χ1n) is 11.4. The standard InChI is InChI=1S/C27H26ClN3O3S/c1-17-8-9-20(14-18(17)2)29-26(33)31-12-13-35-27(31)22-15-21(34-3)10-11-24(22)30(25(27)32)16-19-6-4-5-7-23(19)28/h4-11,14-15H,12-13,16H2,1-3H3,(H,29,33)/t27-/m1/s1. The zero-order valence-electron chi connectivity index (χ0n) is 19.8. The Balaban J connectivity index is 1.55. The van der Waals surface area contributed by atoms with E-state index in [1.54, 1.807) is 16.9 Å². The van der Waals surface area contributed by atoms with Crippen LogP contribution in [0.3, 0.4) is 0 Å². The van der Waals surface area contributed by atoms with Gasteiger partial charge in [0.25, 0.3) is 5.91 Å². The van der Waals surface area contributed by atoms with Crippen molar-refractivity contribution in [3.8, 4) is 5.75 Å². The second kappa shape index (κ2) is 9.13. The van der Waals surface area contributed by atoms with E-state index >= 15 is 0 Å². The van der Waals surface area contributed by atoms with Gasteiger partial charge in [-0.05, 0) is 66.9 Å². The Morgan fingerprint density at radius 3 is 2.66 bits per heavy atom. The lowest BCUT2D eigenvalue weighted by Crippen LogP contribution is -2.51. The van der Waals surface area contributed by atoms with E-state index in [9.17, 15) is 9.59 Å². The molecule has 180 valence electrons. The number of thioether (sulfide) groups is 1. The highest BCUT2D eigenvalue weighted by Crippen LogP contribution is 2.55. The molecule has 3 aromatic carbocycles. The highest BCUT2D eigenvalue weighted by Gasteiger charge is 2.59. The van der Waals surface area contributed by atoms with E-state index in [0.29, 0.717) is 35.3 Å². The number of halogens is 1. The van der Waals surface area contributed by atoms with Crippen molar-refractivity contribution in [3.63, 3.8) is 0 Å². The highest BCUT2D eigenvalue weighted by molar-refractivity contribution is 8.01. The molecule has 0 radical (unpaired) electrons. The van der Waals surface area contributed by atoms with Crippen LogP contribution in [0.1, 0.15) is 22.3 Å². The fraction of sp³-hybridized carbons (Fsp3) is 0.259. The first-order chi connectivity index (χ1) is 16.8. The Morgan fingerprint density at radius 1 is 1.11 bits per heavy atom. The predicted molar refractivity (Wildman–Crippen MR) is 141 cm³/mol. The molecule has 0 bridgehead atoms. The largest absolute Gasteiger partial charge is 0.497 e. The summed E-state index contributed by atoms with van der Waals surface area (Å²) in [6.45, 7) is 4.80. The van der Waals surface area contributed by atoms with Crippen molar-refractivity contribution in [1.29, 1.82) is 0 Å². The summed E-state index contributed by atoms with van der Waals surface area (Å²) in [7, 11) is 1.60. The Kier molecular flexibility index (Phi) is 6.15. The molecule has 2 aliphatic heterocycles. The Hall–Kier alpha value is -3.16. The quantitative estimate of drug-likeness (QED) is 0.474. The maximum atomic E-state index is 14.2. The molecule has 1 spiro atoms. The fourth-order valence-corrected chi connectivity index (χ4v) is 6.33. The number of hydrogen-bond acceptors (Lipinski definition) is 4. The van der Waals surface area contributed by atoms with E-state index in [1.165, 1.54) is 11.8 Å². The summed E-state index contributed by atoms with van der Waals surface area (Å²) >= 11 is 7.91. The monoisotopic (exact) mass is 507 g/mol. The van der Waals surface area contributed by atoms with Crippen molar-refractivity contribution in [1.82, 2.24) is 4.90 Å². The summed E-state index contributed by atoms with van der Waals surface area (Å²) in [5.74, 6) is 1.12. The molecular weight excluding hydrogens is 482 g/mol. The molecule has 1 N–H and O–H groups in total. The molecule has 3 amide bonds. The average Bonchev–Trinajstić information content (AvgIpc) is 3.39. The summed E-state index contributed by atoms with van der Waals surface area (Å²) in [5, 5.41) is 3.60. The molecule has 1 fully saturated rings. The number of nitrogens with one attached hydrogen (secondary N) is 1. The third-order valence-electron chi connectivity index (χ3n) is 6.69. The molecule has 2 aliphatic rings. The van der Waals surface area contributed by atoms with Crippen molar-refractivity contribution in [2.24, 2.45) is 0 Å². The number of amides is 3. The summed E-state index contributed by atoms with van der Waals surface area (Å²) in [6, 6.07) is 18.6. The van der Waals surface area contributed by atoms with Gasteiger partial charge in [0.1, 0.15) is 5.75 Å². The number of fused-ring (bicyclic) bond motifs is 2. The molecule has 0 aliphatic carbocycles. The molecular formula is C27H26ClN3O3S. The number of methoxy groups -OCH3 is 1. The first-order valence-corrected chi connectivity index (χ1v) is 12.7. The molecule has 1 atom stereocenters. The van der Waals surface area contributed by atoms with Gasteiger partial charge in [-0.3, -0.25) is 9.69 Å². The van der Waals surface area contributed by atoms with Crippen LogP contribution >= 0.6 is 23.4 Å². The smallest absolute Gasteiger partial charge is 0.323 e. The van der Waals surface area contributed by atoms with Gasteiger partial charge in [-0.2, -0.15) is 0 Å². The molecule has 3 aromatic rings. The normalized spacial score (nSPS) is 18.8. The third-order valence-corrected chi connectivity index (χ3v) is 8.48. The van der Waals surface area contributed by atoms with Crippen LogP contribution in [0, 0.1) is 13.8 Å². The molecule has 0 saturated carbocycles. The minimum Gasteiger partial charge on any atom is -0.497 e. The minimum absolute atomic E-state index is 0.154. The molecule has 8 heteroatoms. The van der Waals surface area contributed by atoms with Gasteiger partial charge in [-0.1, -0.05) is 35.9 Å². The summed E-state index contributed by atoms with van der Waals surface area (Å²) in [4.78, 5) is 30.0. The number of urea groups is 1. The Labute approximate surface area is 214 Å². The molecule has 6 nitrogen and oxygen atoms in total. The lowest BCUT2D eigenvalue weighted by atomic mass is 10.1. The SMILES string of the molecule is COc1ccc2c(c1)[C@@]1(SCCN1C(=O)Nc1ccc(C)c(C)c1)C(=O)N2Cc1ccccc1Cl. The second-order valence-corrected chi connectivity index (χ2v) is 10.4. The lowest BCUT2D eigenvalue weighted by molar-refractivity contribution is -0.123. The number of carbonyl (C=O) groups is 2. The van der Waals surface area contributed by atoms with E-state index in [0.717, 1.165) is 27.9 Å². The average molecular weight is 508 g/mol. The van der Waals surface area contributed by atoms with Gasteiger partial charge >= 0.3 is 6.03 Å². The van der Waals surface area contributed by atoms with Gasteiger partial charge in [0.15, 0.2) is 4.87 Å². The molecule has 0 aromatic heterocycles. The lowest BCUT2D eigenvalue weighted by Gasteiger charge is -2.33. The number of aryl methyl sites for hydroxylation is 2. The summed E-state index contributed by atoms with van der Waals surface area (Å²) < 4.78 is 5.49. The Bertz CT molecular complexity index is 1330. The molecule has 1 saturated heterocycles. The third kappa shape index (κ3) is 3.93. The Morgan fingerprint density at radius 2 is 1.91 bits per heavy atom. The van der Waals surface area contributed by atoms with Gasteiger partial charge < -0.3 is 15.0 Å². The number of nitrogens with zero attached hydrogens (tertiary/aromatic N) is 2. The number of ether oxygens (including phenoxy) is 1. The topological polar surface area (TPSA) is 61.9 Å². The zero-order valence-corrected chi connectivity index (χ0v) is 21.4. The van der Waals surface area contributed by atoms with Crippen LogP contribution in [0.5, 0.6) is 5.75 Å². The van der Waals surface area contributed by atoms with Crippen LogP contribution in [0.4, 0.5) is 16.2 Å². The van der Waals surface area contributed by atoms with E-state index in [2.05, 4.69) is 5.32 Å². The van der Waals surface area contributed by atoms with Gasteiger partial charge in [0, 0.05) is 28.6 Å². The predicted octanol–water partition coefficient (Wildman–Crippen LogP) is 5.95. The molecule has 2 heterocycles. The van der Waals surface area contributed by atoms with Gasteiger partial charge in [0.2, 0.25) is 0 Å². The zero-order chi connectivity index (χ0) is 24.7. The maximum absolute atomic E-state index is 14.2. The number of hydrogen-bond donors (Lipinski definition) is 1. The van der Waals surface area contributed by atoms with E-state index in [-0.39, 0.29) is 11.9 Å². The number of carbonyl (C=O) groups excluding carboxylic acids is 2. The van der Waals surface area contributed by atoms with Crippen molar-refractivity contribution < 1.29 is 14.3 Å².